The number of aromatic nitrogens is 3. The first-order valence-corrected chi connectivity index (χ1v) is 8.96. The van der Waals surface area contributed by atoms with Crippen molar-refractivity contribution in [3.8, 4) is 11.4 Å². The van der Waals surface area contributed by atoms with Crippen LogP contribution in [0.3, 0.4) is 0 Å². The van der Waals surface area contributed by atoms with Crippen LogP contribution < -0.4 is 16.0 Å². The van der Waals surface area contributed by atoms with Gasteiger partial charge >= 0.3 is 5.69 Å². The number of ether oxygens (including phenoxy) is 1. The molecular weight excluding hydrogens is 361 g/mol. The van der Waals surface area contributed by atoms with Crippen molar-refractivity contribution in [2.24, 2.45) is 0 Å². The van der Waals surface area contributed by atoms with Crippen LogP contribution >= 0.6 is 11.6 Å². The normalized spacial score (nSPS) is 12.4. The van der Waals surface area contributed by atoms with E-state index in [-0.39, 0.29) is 28.4 Å². The topological polar surface area (TPSA) is 83.2 Å². The van der Waals surface area contributed by atoms with Crippen LogP contribution in [0.15, 0.2) is 27.9 Å². The van der Waals surface area contributed by atoms with E-state index in [4.69, 9.17) is 16.3 Å². The summed E-state index contributed by atoms with van der Waals surface area (Å²) in [6, 6.07) is 2.22. The molecule has 1 aromatic heterocycles. The second-order valence-electron chi connectivity index (χ2n) is 5.21. The molecule has 24 heavy (non-hydrogen) atoms. The monoisotopic (exact) mass is 375 g/mol. The van der Waals surface area contributed by atoms with Gasteiger partial charge in [0.2, 0.25) is 0 Å². The Morgan fingerprint density at radius 1 is 1.38 bits per heavy atom. The molecule has 1 unspecified atom stereocenters. The third-order valence-corrected chi connectivity index (χ3v) is 3.78. The van der Waals surface area contributed by atoms with E-state index in [9.17, 15) is 18.2 Å². The first-order valence-electron chi connectivity index (χ1n) is 6.86. The number of halogens is 2. The van der Waals surface area contributed by atoms with Crippen molar-refractivity contribution in [3.63, 3.8) is 0 Å². The van der Waals surface area contributed by atoms with Crippen LogP contribution in [0.1, 0.15) is 13.8 Å². The summed E-state index contributed by atoms with van der Waals surface area (Å²) >= 11 is 5.93. The molecular formula is C14H15ClFN3O4S. The predicted octanol–water partition coefficient (Wildman–Crippen LogP) is 1.31. The fourth-order valence-corrected chi connectivity index (χ4v) is 2.72. The van der Waals surface area contributed by atoms with Gasteiger partial charge in [-0.05, 0) is 19.9 Å². The lowest BCUT2D eigenvalue weighted by atomic mass is 10.3. The lowest BCUT2D eigenvalue weighted by molar-refractivity contribution is 0.242. The minimum absolute atomic E-state index is 0.0426. The summed E-state index contributed by atoms with van der Waals surface area (Å²) in [6.45, 7) is 3.53. The van der Waals surface area contributed by atoms with Crippen molar-refractivity contribution in [1.82, 2.24) is 14.3 Å². The first-order chi connectivity index (χ1) is 11.2. The fourth-order valence-electron chi connectivity index (χ4n) is 1.93. The largest absolute Gasteiger partial charge is 0.489 e. The van der Waals surface area contributed by atoms with Gasteiger partial charge in [0, 0.05) is 23.1 Å². The van der Waals surface area contributed by atoms with Gasteiger partial charge < -0.3 is 4.74 Å². The van der Waals surface area contributed by atoms with Gasteiger partial charge in [-0.3, -0.25) is 9.00 Å². The van der Waals surface area contributed by atoms with Crippen molar-refractivity contribution in [2.45, 2.75) is 25.8 Å². The summed E-state index contributed by atoms with van der Waals surface area (Å²) < 4.78 is 32.5. The third kappa shape index (κ3) is 3.90. The van der Waals surface area contributed by atoms with Gasteiger partial charge in [0.25, 0.3) is 5.56 Å². The Labute approximate surface area is 144 Å². The molecule has 0 amide bonds. The maximum Gasteiger partial charge on any atom is 0.353 e. The number of hydrogen-bond donors (Lipinski definition) is 0. The highest BCUT2D eigenvalue weighted by atomic mass is 35.5. The Hall–Kier alpha value is -2.00. The van der Waals surface area contributed by atoms with Gasteiger partial charge in [-0.15, -0.1) is 0 Å². The zero-order valence-corrected chi connectivity index (χ0v) is 14.7. The molecule has 0 fully saturated rings. The van der Waals surface area contributed by atoms with Gasteiger partial charge in [0.1, 0.15) is 23.5 Å². The van der Waals surface area contributed by atoms with E-state index in [2.05, 4.69) is 5.10 Å². The van der Waals surface area contributed by atoms with Gasteiger partial charge in [-0.25, -0.2) is 13.8 Å². The summed E-state index contributed by atoms with van der Waals surface area (Å²) in [7, 11) is -1.44. The van der Waals surface area contributed by atoms with E-state index >= 15 is 0 Å². The predicted molar refractivity (Wildman–Crippen MR) is 88.9 cm³/mol. The van der Waals surface area contributed by atoms with E-state index in [0.29, 0.717) is 4.68 Å². The van der Waals surface area contributed by atoms with Crippen LogP contribution in [0.2, 0.25) is 5.02 Å². The number of nitrogens with zero attached hydrogens (tertiary/aromatic N) is 3. The molecule has 2 rings (SSSR count). The molecule has 0 saturated carbocycles. The Morgan fingerprint density at radius 3 is 2.62 bits per heavy atom. The van der Waals surface area contributed by atoms with Crippen LogP contribution in [-0.2, 0) is 16.7 Å². The maximum absolute atomic E-state index is 14.2. The molecule has 0 bridgehead atoms. The molecule has 7 nitrogen and oxygen atoms in total. The molecule has 0 N–H and O–H groups in total. The van der Waals surface area contributed by atoms with E-state index in [1.165, 1.54) is 12.3 Å². The standard InChI is InChI=1S/C14H15ClFN3O4S/c1-8(2)23-12-5-11(10(16)4-9(12)15)19-14(21)18(7-24(3)22)13(20)6-17-19/h4-6,8H,7H2,1-3H3. The quantitative estimate of drug-likeness (QED) is 0.786. The Bertz CT molecular complexity index is 910. The third-order valence-electron chi connectivity index (χ3n) is 2.86. The average Bonchev–Trinajstić information content (AvgIpc) is 2.46. The molecule has 1 atom stereocenters. The van der Waals surface area contributed by atoms with Crippen molar-refractivity contribution < 1.29 is 13.3 Å². The van der Waals surface area contributed by atoms with Crippen LogP contribution in [0.5, 0.6) is 5.75 Å². The Balaban J connectivity index is 2.66. The minimum Gasteiger partial charge on any atom is -0.489 e. The SMILES string of the molecule is CC(C)Oc1cc(-n2ncc(=O)n(CS(C)=O)c2=O)c(F)cc1Cl. The molecule has 10 heteroatoms. The summed E-state index contributed by atoms with van der Waals surface area (Å²) in [4.78, 5) is 24.1. The van der Waals surface area contributed by atoms with Crippen molar-refractivity contribution in [2.75, 3.05) is 6.26 Å². The molecule has 0 aliphatic rings. The van der Waals surface area contributed by atoms with E-state index in [1.54, 1.807) is 13.8 Å². The smallest absolute Gasteiger partial charge is 0.353 e. The summed E-state index contributed by atoms with van der Waals surface area (Å²) in [5.74, 6) is -0.952. The molecule has 0 spiro atoms. The molecule has 2 aromatic rings. The lowest BCUT2D eigenvalue weighted by Crippen LogP contribution is -2.41. The zero-order chi connectivity index (χ0) is 18.0. The Kier molecular flexibility index (Phi) is 5.55. The molecule has 1 aromatic carbocycles. The Morgan fingerprint density at radius 2 is 2.04 bits per heavy atom. The van der Waals surface area contributed by atoms with E-state index in [0.717, 1.165) is 16.8 Å². The van der Waals surface area contributed by atoms with Crippen LogP contribution in [0.4, 0.5) is 4.39 Å². The molecule has 0 saturated heterocycles. The van der Waals surface area contributed by atoms with E-state index < -0.39 is 27.9 Å². The summed E-state index contributed by atoms with van der Waals surface area (Å²) in [5.41, 5.74) is -1.86. The van der Waals surface area contributed by atoms with Gasteiger partial charge in [-0.2, -0.15) is 9.78 Å². The van der Waals surface area contributed by atoms with Crippen molar-refractivity contribution in [1.29, 1.82) is 0 Å². The fraction of sp³-hybridized carbons (Fsp3) is 0.357. The number of hydrogen-bond acceptors (Lipinski definition) is 5. The second-order valence-corrected chi connectivity index (χ2v) is 7.02. The lowest BCUT2D eigenvalue weighted by Gasteiger charge is -2.14. The van der Waals surface area contributed by atoms with E-state index in [1.807, 2.05) is 0 Å². The molecule has 0 radical (unpaired) electrons. The molecule has 0 aliphatic carbocycles. The molecule has 0 aliphatic heterocycles. The highest BCUT2D eigenvalue weighted by Crippen LogP contribution is 2.29. The van der Waals surface area contributed by atoms with Crippen molar-refractivity contribution >= 4 is 22.4 Å². The minimum atomic E-state index is -1.44. The highest BCUT2D eigenvalue weighted by Gasteiger charge is 2.16. The van der Waals surface area contributed by atoms with Gasteiger partial charge in [0.15, 0.2) is 5.82 Å². The van der Waals surface area contributed by atoms with Gasteiger partial charge in [-0.1, -0.05) is 11.6 Å². The van der Waals surface area contributed by atoms with Crippen LogP contribution in [0.25, 0.3) is 5.69 Å². The maximum atomic E-state index is 14.2. The summed E-state index contributed by atoms with van der Waals surface area (Å²) in [6.07, 6.45) is 1.97. The average molecular weight is 376 g/mol. The van der Waals surface area contributed by atoms with Gasteiger partial charge in [0.05, 0.1) is 11.1 Å². The number of rotatable bonds is 5. The first kappa shape index (κ1) is 18.3. The number of benzene rings is 1. The van der Waals surface area contributed by atoms with Crippen molar-refractivity contribution in [3.05, 3.63) is 50.0 Å². The highest BCUT2D eigenvalue weighted by molar-refractivity contribution is 7.83. The molecule has 1 heterocycles. The summed E-state index contributed by atoms with van der Waals surface area (Å²) in [5, 5.41) is 3.70. The van der Waals surface area contributed by atoms with Crippen LogP contribution in [0, 0.1) is 5.82 Å². The van der Waals surface area contributed by atoms with Crippen LogP contribution in [-0.4, -0.2) is 30.9 Å². The second kappa shape index (κ2) is 7.27. The molecule has 130 valence electrons. The zero-order valence-electron chi connectivity index (χ0n) is 13.2.